The molecule has 0 atom stereocenters. The van der Waals surface area contributed by atoms with Gasteiger partial charge in [0.15, 0.2) is 0 Å². The maximum atomic E-state index is 11.4. The summed E-state index contributed by atoms with van der Waals surface area (Å²) < 4.78 is 5.71. The fourth-order valence-corrected chi connectivity index (χ4v) is 2.00. The number of amides is 1. The second-order valence-electron chi connectivity index (χ2n) is 5.05. The van der Waals surface area contributed by atoms with Gasteiger partial charge in [-0.15, -0.1) is 0 Å². The molecule has 0 heterocycles. The maximum absolute atomic E-state index is 11.4. The third-order valence-electron chi connectivity index (χ3n) is 3.20. The van der Waals surface area contributed by atoms with Crippen LogP contribution in [0, 0.1) is 0 Å². The first-order valence-electron chi connectivity index (χ1n) is 7.44. The molecule has 0 saturated carbocycles. The molecule has 1 amide bonds. The van der Waals surface area contributed by atoms with E-state index in [-0.39, 0.29) is 18.7 Å². The number of carboxylic acid groups (broad SMARTS) is 1. The van der Waals surface area contributed by atoms with Crippen molar-refractivity contribution in [2.24, 2.45) is 0 Å². The molecule has 0 saturated heterocycles. The van der Waals surface area contributed by atoms with Gasteiger partial charge in [0.2, 0.25) is 5.91 Å². The molecule has 2 N–H and O–H groups in total. The normalized spacial score (nSPS) is 10.1. The molecule has 0 aliphatic carbocycles. The summed E-state index contributed by atoms with van der Waals surface area (Å²) in [6, 6.07) is 17.2. The van der Waals surface area contributed by atoms with Crippen molar-refractivity contribution in [3.8, 4) is 11.5 Å². The number of aliphatic carboxylic acids is 1. The molecule has 0 unspecified atom stereocenters. The molecule has 0 fully saturated rings. The van der Waals surface area contributed by atoms with Crippen LogP contribution in [0.2, 0.25) is 0 Å². The van der Waals surface area contributed by atoms with Gasteiger partial charge >= 0.3 is 5.97 Å². The van der Waals surface area contributed by atoms with E-state index in [0.29, 0.717) is 13.0 Å². The quantitative estimate of drug-likeness (QED) is 0.785. The molecule has 0 aliphatic rings. The van der Waals surface area contributed by atoms with E-state index in [4.69, 9.17) is 9.84 Å². The van der Waals surface area contributed by atoms with Crippen LogP contribution in [0.5, 0.6) is 11.5 Å². The van der Waals surface area contributed by atoms with Gasteiger partial charge in [-0.1, -0.05) is 30.3 Å². The molecule has 0 aliphatic heterocycles. The van der Waals surface area contributed by atoms with Gasteiger partial charge in [-0.2, -0.15) is 0 Å². The van der Waals surface area contributed by atoms with E-state index in [1.54, 1.807) is 0 Å². The van der Waals surface area contributed by atoms with Crippen molar-refractivity contribution in [2.75, 3.05) is 6.54 Å². The molecule has 2 aromatic carbocycles. The SMILES string of the molecule is O=C(O)CCC(=O)NCCc1ccc(Oc2ccccc2)cc1. The standard InChI is InChI=1S/C18H19NO4/c20-17(10-11-18(21)22)19-13-12-14-6-8-16(9-7-14)23-15-4-2-1-3-5-15/h1-9H,10-13H2,(H,19,20)(H,21,22). The van der Waals surface area contributed by atoms with Crippen LogP contribution in [0.15, 0.2) is 54.6 Å². The van der Waals surface area contributed by atoms with Crippen LogP contribution in [-0.2, 0) is 16.0 Å². The number of hydrogen-bond acceptors (Lipinski definition) is 3. The summed E-state index contributed by atoms with van der Waals surface area (Å²) in [6.07, 6.45) is 0.557. The first-order valence-corrected chi connectivity index (χ1v) is 7.44. The lowest BCUT2D eigenvalue weighted by atomic mass is 10.1. The molecular weight excluding hydrogens is 294 g/mol. The van der Waals surface area contributed by atoms with E-state index in [1.807, 2.05) is 54.6 Å². The Hall–Kier alpha value is -2.82. The van der Waals surface area contributed by atoms with Gasteiger partial charge in [-0.25, -0.2) is 0 Å². The highest BCUT2D eigenvalue weighted by Crippen LogP contribution is 2.21. The van der Waals surface area contributed by atoms with E-state index < -0.39 is 5.97 Å². The Bertz CT molecular complexity index is 638. The Morgan fingerprint density at radius 3 is 2.22 bits per heavy atom. The van der Waals surface area contributed by atoms with Crippen molar-refractivity contribution in [3.05, 3.63) is 60.2 Å². The Balaban J connectivity index is 1.75. The Morgan fingerprint density at radius 1 is 0.913 bits per heavy atom. The van der Waals surface area contributed by atoms with E-state index in [1.165, 1.54) is 0 Å². The van der Waals surface area contributed by atoms with E-state index in [2.05, 4.69) is 5.32 Å². The van der Waals surface area contributed by atoms with Crippen LogP contribution >= 0.6 is 0 Å². The largest absolute Gasteiger partial charge is 0.481 e. The highest BCUT2D eigenvalue weighted by atomic mass is 16.5. The minimum Gasteiger partial charge on any atom is -0.481 e. The third-order valence-corrected chi connectivity index (χ3v) is 3.20. The Labute approximate surface area is 134 Å². The van der Waals surface area contributed by atoms with Gasteiger partial charge in [0.05, 0.1) is 6.42 Å². The van der Waals surface area contributed by atoms with Crippen LogP contribution in [-0.4, -0.2) is 23.5 Å². The highest BCUT2D eigenvalue weighted by molar-refractivity contribution is 5.80. The lowest BCUT2D eigenvalue weighted by Gasteiger charge is -2.07. The lowest BCUT2D eigenvalue weighted by molar-refractivity contribution is -0.138. The first-order chi connectivity index (χ1) is 11.1. The van der Waals surface area contributed by atoms with Crippen LogP contribution in [0.4, 0.5) is 0 Å². The van der Waals surface area contributed by atoms with E-state index in [9.17, 15) is 9.59 Å². The summed E-state index contributed by atoms with van der Waals surface area (Å²) in [5.74, 6) is 0.335. The molecule has 0 aromatic heterocycles. The number of nitrogens with one attached hydrogen (secondary N) is 1. The van der Waals surface area contributed by atoms with Gasteiger partial charge in [-0.3, -0.25) is 9.59 Å². The average molecular weight is 313 g/mol. The fourth-order valence-electron chi connectivity index (χ4n) is 2.00. The molecule has 0 bridgehead atoms. The van der Waals surface area contributed by atoms with Crippen molar-refractivity contribution in [3.63, 3.8) is 0 Å². The molecule has 5 heteroatoms. The Kier molecular flexibility index (Phi) is 6.17. The molecule has 0 radical (unpaired) electrons. The zero-order valence-electron chi connectivity index (χ0n) is 12.7. The topological polar surface area (TPSA) is 75.6 Å². The van der Waals surface area contributed by atoms with Crippen LogP contribution in [0.3, 0.4) is 0 Å². The summed E-state index contributed by atoms with van der Waals surface area (Å²) in [7, 11) is 0. The second kappa shape index (κ2) is 8.58. The molecular formula is C18H19NO4. The lowest BCUT2D eigenvalue weighted by Crippen LogP contribution is -2.25. The zero-order valence-corrected chi connectivity index (χ0v) is 12.7. The van der Waals surface area contributed by atoms with Crippen molar-refractivity contribution in [1.82, 2.24) is 5.32 Å². The number of carbonyl (C=O) groups excluding carboxylic acids is 1. The molecule has 2 rings (SSSR count). The van der Waals surface area contributed by atoms with Crippen molar-refractivity contribution >= 4 is 11.9 Å². The van der Waals surface area contributed by atoms with Crippen molar-refractivity contribution in [1.29, 1.82) is 0 Å². The predicted octanol–water partition coefficient (Wildman–Crippen LogP) is 3.00. The molecule has 2 aromatic rings. The number of carboxylic acids is 1. The Morgan fingerprint density at radius 2 is 1.57 bits per heavy atom. The number of para-hydroxylation sites is 1. The van der Waals surface area contributed by atoms with E-state index in [0.717, 1.165) is 17.1 Å². The zero-order chi connectivity index (χ0) is 16.5. The van der Waals surface area contributed by atoms with Crippen molar-refractivity contribution in [2.45, 2.75) is 19.3 Å². The number of benzene rings is 2. The number of ether oxygens (including phenoxy) is 1. The highest BCUT2D eigenvalue weighted by Gasteiger charge is 2.04. The number of rotatable bonds is 8. The van der Waals surface area contributed by atoms with Crippen molar-refractivity contribution < 1.29 is 19.4 Å². The fraction of sp³-hybridized carbons (Fsp3) is 0.222. The van der Waals surface area contributed by atoms with Gasteiger partial charge < -0.3 is 15.2 Å². The second-order valence-corrected chi connectivity index (χ2v) is 5.05. The van der Waals surface area contributed by atoms with Crippen LogP contribution in [0.1, 0.15) is 18.4 Å². The third kappa shape index (κ3) is 6.22. The monoisotopic (exact) mass is 313 g/mol. The summed E-state index contributed by atoms with van der Waals surface area (Å²) >= 11 is 0. The number of carbonyl (C=O) groups is 2. The summed E-state index contributed by atoms with van der Waals surface area (Å²) in [5.41, 5.74) is 1.07. The van der Waals surface area contributed by atoms with Gasteiger partial charge in [0.1, 0.15) is 11.5 Å². The molecule has 0 spiro atoms. The number of hydrogen-bond donors (Lipinski definition) is 2. The molecule has 5 nitrogen and oxygen atoms in total. The maximum Gasteiger partial charge on any atom is 0.303 e. The molecule has 120 valence electrons. The minimum absolute atomic E-state index is 0.0131. The van der Waals surface area contributed by atoms with Crippen LogP contribution in [0.25, 0.3) is 0 Å². The average Bonchev–Trinajstić information content (AvgIpc) is 2.55. The smallest absolute Gasteiger partial charge is 0.303 e. The van der Waals surface area contributed by atoms with Gasteiger partial charge in [-0.05, 0) is 36.2 Å². The van der Waals surface area contributed by atoms with Gasteiger partial charge in [0.25, 0.3) is 0 Å². The minimum atomic E-state index is -0.964. The van der Waals surface area contributed by atoms with Gasteiger partial charge in [0, 0.05) is 13.0 Å². The van der Waals surface area contributed by atoms with E-state index >= 15 is 0 Å². The molecule has 23 heavy (non-hydrogen) atoms. The summed E-state index contributed by atoms with van der Waals surface area (Å²) in [6.45, 7) is 0.483. The first kappa shape index (κ1) is 16.5. The summed E-state index contributed by atoms with van der Waals surface area (Å²) in [5, 5.41) is 11.2. The van der Waals surface area contributed by atoms with Crippen LogP contribution < -0.4 is 10.1 Å². The summed E-state index contributed by atoms with van der Waals surface area (Å²) in [4.78, 5) is 21.8. The predicted molar refractivity (Wildman–Crippen MR) is 86.5 cm³/mol.